The molecule has 0 aliphatic carbocycles. The summed E-state index contributed by atoms with van der Waals surface area (Å²) in [4.78, 5) is 24.3. The van der Waals surface area contributed by atoms with E-state index >= 15 is 0 Å². The summed E-state index contributed by atoms with van der Waals surface area (Å²) in [5.41, 5.74) is 6.38. The second-order valence-electron chi connectivity index (χ2n) is 9.45. The van der Waals surface area contributed by atoms with Gasteiger partial charge in [0, 0.05) is 37.6 Å². The van der Waals surface area contributed by atoms with Crippen molar-refractivity contribution in [3.63, 3.8) is 0 Å². The molecule has 5 rings (SSSR count). The summed E-state index contributed by atoms with van der Waals surface area (Å²) >= 11 is 1.17. The lowest BCUT2D eigenvalue weighted by atomic mass is 10.0. The van der Waals surface area contributed by atoms with Crippen LogP contribution in [0.1, 0.15) is 19.7 Å². The van der Waals surface area contributed by atoms with Crippen molar-refractivity contribution in [3.05, 3.63) is 54.5 Å². The van der Waals surface area contributed by atoms with Gasteiger partial charge >= 0.3 is 0 Å². The van der Waals surface area contributed by atoms with Gasteiger partial charge in [0.05, 0.1) is 23.1 Å². The number of piperazine rings is 1. The number of hydrogen-bond acceptors (Lipinski definition) is 10. The molecule has 1 fully saturated rings. The predicted molar refractivity (Wildman–Crippen MR) is 145 cm³/mol. The lowest BCUT2D eigenvalue weighted by Crippen LogP contribution is -2.48. The maximum Gasteiger partial charge on any atom is 0.252 e. The number of nitrogens with one attached hydrogen (secondary N) is 1. The molecule has 1 aliphatic heterocycles. The number of nitrogens with two attached hydrogens (primary N) is 1. The molecule has 0 unspecified atom stereocenters. The molecular formula is C25H29N7O4S2. The van der Waals surface area contributed by atoms with Gasteiger partial charge in [0.1, 0.15) is 21.9 Å². The summed E-state index contributed by atoms with van der Waals surface area (Å²) in [7, 11) is -3.62. The number of fused-ring (bicyclic) bond motifs is 1. The minimum Gasteiger partial charge on any atom is -0.368 e. The normalized spacial score (nSPS) is 16.2. The van der Waals surface area contributed by atoms with E-state index in [9.17, 15) is 13.2 Å². The predicted octanol–water partition coefficient (Wildman–Crippen LogP) is 2.77. The molecule has 1 aliphatic rings. The maximum atomic E-state index is 13.2. The van der Waals surface area contributed by atoms with Crippen LogP contribution in [0.5, 0.6) is 0 Å². The number of aromatic nitrogens is 3. The molecule has 3 N–H and O–H groups in total. The van der Waals surface area contributed by atoms with E-state index in [2.05, 4.69) is 15.4 Å². The molecule has 0 bridgehead atoms. The lowest BCUT2D eigenvalue weighted by Gasteiger charge is -2.33. The molecule has 200 valence electrons. The second kappa shape index (κ2) is 10.8. The van der Waals surface area contributed by atoms with Crippen molar-refractivity contribution in [1.82, 2.24) is 24.3 Å². The van der Waals surface area contributed by atoms with Gasteiger partial charge in [0.25, 0.3) is 10.0 Å². The summed E-state index contributed by atoms with van der Waals surface area (Å²) in [6, 6.07) is 12.1. The SMILES string of the molecule is CC(C)[C@H](Nc1nc(CN2CCN(S(=O)(=O)c3ccc(-c4ccno4)s3)CC2)nc2ccccc12)C(N)=O. The fourth-order valence-electron chi connectivity index (χ4n) is 4.41. The van der Waals surface area contributed by atoms with E-state index in [0.29, 0.717) is 55.0 Å². The molecule has 0 saturated carbocycles. The number of benzene rings is 1. The van der Waals surface area contributed by atoms with Crippen LogP contribution in [-0.2, 0) is 21.4 Å². The minimum absolute atomic E-state index is 0.0186. The third kappa shape index (κ3) is 5.41. The van der Waals surface area contributed by atoms with Crippen molar-refractivity contribution in [3.8, 4) is 10.6 Å². The monoisotopic (exact) mass is 555 g/mol. The molecule has 13 heteroatoms. The summed E-state index contributed by atoms with van der Waals surface area (Å²) in [6.07, 6.45) is 1.53. The molecule has 1 atom stereocenters. The third-order valence-corrected chi connectivity index (χ3v) is 9.93. The number of sulfonamides is 1. The van der Waals surface area contributed by atoms with Crippen molar-refractivity contribution < 1.29 is 17.7 Å². The first-order valence-electron chi connectivity index (χ1n) is 12.3. The van der Waals surface area contributed by atoms with E-state index in [4.69, 9.17) is 20.2 Å². The lowest BCUT2D eigenvalue weighted by molar-refractivity contribution is -0.119. The molecule has 0 radical (unpaired) electrons. The van der Waals surface area contributed by atoms with Gasteiger partial charge in [0.15, 0.2) is 5.76 Å². The maximum absolute atomic E-state index is 13.2. The number of para-hydroxylation sites is 1. The first-order chi connectivity index (χ1) is 18.2. The highest BCUT2D eigenvalue weighted by atomic mass is 32.2. The van der Waals surface area contributed by atoms with Gasteiger partial charge in [-0.3, -0.25) is 9.69 Å². The Morgan fingerprint density at radius 2 is 1.87 bits per heavy atom. The van der Waals surface area contributed by atoms with Gasteiger partial charge in [-0.2, -0.15) is 4.31 Å². The highest BCUT2D eigenvalue weighted by Crippen LogP contribution is 2.32. The second-order valence-corrected chi connectivity index (χ2v) is 12.7. The van der Waals surface area contributed by atoms with E-state index in [1.165, 1.54) is 21.8 Å². The van der Waals surface area contributed by atoms with E-state index < -0.39 is 22.0 Å². The average Bonchev–Trinajstić information content (AvgIpc) is 3.60. The zero-order valence-electron chi connectivity index (χ0n) is 21.1. The first kappa shape index (κ1) is 26.2. The van der Waals surface area contributed by atoms with Gasteiger partial charge in [-0.25, -0.2) is 18.4 Å². The molecule has 4 aromatic rings. The van der Waals surface area contributed by atoms with Crippen LogP contribution in [0.4, 0.5) is 5.82 Å². The standard InChI is InChI=1S/C25H29N7O4S2/c1-16(2)23(24(26)33)30-25-17-5-3-4-6-18(17)28-21(29-25)15-31-11-13-32(14-12-31)38(34,35)22-8-7-20(37-22)19-9-10-27-36-19/h3-10,16,23H,11-15H2,1-2H3,(H2,26,33)(H,28,29,30)/t23-/m0/s1. The van der Waals surface area contributed by atoms with Crippen molar-refractivity contribution >= 4 is 44.0 Å². The number of primary amides is 1. The Hall–Kier alpha value is -3.39. The highest BCUT2D eigenvalue weighted by molar-refractivity contribution is 7.91. The minimum atomic E-state index is -3.62. The molecule has 1 saturated heterocycles. The van der Waals surface area contributed by atoms with Crippen LogP contribution in [-0.4, -0.2) is 70.9 Å². The Morgan fingerprint density at radius 3 is 2.55 bits per heavy atom. The Labute approximate surface area is 224 Å². The molecule has 0 spiro atoms. The topological polar surface area (TPSA) is 148 Å². The van der Waals surface area contributed by atoms with Crippen LogP contribution in [0.2, 0.25) is 0 Å². The van der Waals surface area contributed by atoms with Crippen molar-refractivity contribution in [2.24, 2.45) is 11.7 Å². The van der Waals surface area contributed by atoms with E-state index in [-0.39, 0.29) is 10.1 Å². The summed E-state index contributed by atoms with van der Waals surface area (Å²) in [5, 5.41) is 7.71. The van der Waals surface area contributed by atoms with Gasteiger partial charge in [0.2, 0.25) is 5.91 Å². The number of hydrogen-bond donors (Lipinski definition) is 2. The smallest absolute Gasteiger partial charge is 0.252 e. The van der Waals surface area contributed by atoms with Crippen LogP contribution < -0.4 is 11.1 Å². The van der Waals surface area contributed by atoms with Crippen LogP contribution >= 0.6 is 11.3 Å². The van der Waals surface area contributed by atoms with Gasteiger partial charge in [-0.15, -0.1) is 11.3 Å². The van der Waals surface area contributed by atoms with Crippen LogP contribution in [0, 0.1) is 5.92 Å². The molecule has 38 heavy (non-hydrogen) atoms. The molecule has 11 nitrogen and oxygen atoms in total. The van der Waals surface area contributed by atoms with E-state index in [1.807, 2.05) is 38.1 Å². The highest BCUT2D eigenvalue weighted by Gasteiger charge is 2.30. The molecule has 3 aromatic heterocycles. The van der Waals surface area contributed by atoms with Crippen LogP contribution in [0.3, 0.4) is 0 Å². The quantitative estimate of drug-likeness (QED) is 0.318. The van der Waals surface area contributed by atoms with Gasteiger partial charge in [-0.1, -0.05) is 31.1 Å². The van der Waals surface area contributed by atoms with E-state index in [1.54, 1.807) is 18.2 Å². The number of carbonyl (C=O) groups excluding carboxylic acids is 1. The molecule has 4 heterocycles. The third-order valence-electron chi connectivity index (χ3n) is 6.47. The van der Waals surface area contributed by atoms with E-state index in [0.717, 1.165) is 10.9 Å². The largest absolute Gasteiger partial charge is 0.368 e. The van der Waals surface area contributed by atoms with Gasteiger partial charge < -0.3 is 15.6 Å². The Balaban J connectivity index is 1.29. The fraction of sp³-hybridized carbons (Fsp3) is 0.360. The van der Waals surface area contributed by atoms with Gasteiger partial charge in [-0.05, 0) is 30.2 Å². The number of amides is 1. The van der Waals surface area contributed by atoms with Crippen molar-refractivity contribution in [1.29, 1.82) is 0 Å². The number of anilines is 1. The zero-order chi connectivity index (χ0) is 26.9. The van der Waals surface area contributed by atoms with Crippen LogP contribution in [0.25, 0.3) is 21.5 Å². The average molecular weight is 556 g/mol. The Bertz CT molecular complexity index is 1530. The number of rotatable bonds is 9. The summed E-state index contributed by atoms with van der Waals surface area (Å²) < 4.78 is 33.4. The summed E-state index contributed by atoms with van der Waals surface area (Å²) in [5.74, 6) is 1.23. The number of thiophene rings is 1. The first-order valence-corrected chi connectivity index (χ1v) is 14.5. The molecule has 1 amide bonds. The number of nitrogens with zero attached hydrogens (tertiary/aromatic N) is 5. The van der Waals surface area contributed by atoms with Crippen molar-refractivity contribution in [2.75, 3.05) is 31.5 Å². The zero-order valence-corrected chi connectivity index (χ0v) is 22.7. The summed E-state index contributed by atoms with van der Waals surface area (Å²) in [6.45, 7) is 6.08. The molecule has 1 aromatic carbocycles. The Morgan fingerprint density at radius 1 is 1.11 bits per heavy atom. The van der Waals surface area contributed by atoms with Crippen molar-refractivity contribution in [2.45, 2.75) is 30.6 Å². The van der Waals surface area contributed by atoms with Crippen LogP contribution in [0.15, 0.2) is 57.4 Å². The number of carbonyl (C=O) groups is 1. The molecular weight excluding hydrogens is 526 g/mol. The Kier molecular flexibility index (Phi) is 7.43. The fourth-order valence-corrected chi connectivity index (χ4v) is 7.25.